The van der Waals surface area contributed by atoms with Gasteiger partial charge in [-0.25, -0.2) is 9.37 Å². The lowest BCUT2D eigenvalue weighted by Gasteiger charge is -2.34. The summed E-state index contributed by atoms with van der Waals surface area (Å²) in [6, 6.07) is 0. The molecule has 0 amide bonds. The number of aliphatic hydroxyl groups excluding tert-OH is 2. The molecule has 1 aromatic heterocycles. The number of aromatic nitrogens is 1. The molecule has 0 aliphatic carbocycles. The number of aliphatic hydroxyl groups is 2. The van der Waals surface area contributed by atoms with E-state index in [-0.39, 0.29) is 23.8 Å². The average Bonchev–Trinajstić information content (AvgIpc) is 3.18. The number of nitrogens with zero attached hydrogens (tertiary/aromatic N) is 1. The molecular weight excluding hydrogens is 441 g/mol. The summed E-state index contributed by atoms with van der Waals surface area (Å²) in [6.45, 7) is 10.2. The van der Waals surface area contributed by atoms with Crippen LogP contribution in [0.15, 0.2) is 28.2 Å². The predicted molar refractivity (Wildman–Crippen MR) is 126 cm³/mol. The fourth-order valence-electron chi connectivity index (χ4n) is 4.20. The third-order valence-corrected chi connectivity index (χ3v) is 6.75. The van der Waals surface area contributed by atoms with Crippen LogP contribution in [0.2, 0.25) is 0 Å². The molecule has 2 N–H and O–H groups in total. The Labute approximate surface area is 201 Å². The normalized spacial score (nSPS) is 30.6. The minimum Gasteiger partial charge on any atom is -0.455 e. The summed E-state index contributed by atoms with van der Waals surface area (Å²) in [6.07, 6.45) is 2.76. The van der Waals surface area contributed by atoms with Gasteiger partial charge in [-0.1, -0.05) is 39.3 Å². The second kappa shape index (κ2) is 11.9. The van der Waals surface area contributed by atoms with Gasteiger partial charge in [0.15, 0.2) is 12.0 Å². The molecular formula is C26H38FNO6. The van der Waals surface area contributed by atoms with Gasteiger partial charge < -0.3 is 19.4 Å². The maximum Gasteiger partial charge on any atom is 0.309 e. The zero-order valence-corrected chi connectivity index (χ0v) is 21.0. The molecule has 34 heavy (non-hydrogen) atoms. The highest BCUT2D eigenvalue weighted by atomic mass is 19.1. The van der Waals surface area contributed by atoms with Crippen LogP contribution in [0.1, 0.15) is 78.3 Å². The molecule has 7 nitrogen and oxygen atoms in total. The lowest BCUT2D eigenvalue weighted by molar-refractivity contribution is -0.154. The topological polar surface area (TPSA) is 110 Å². The summed E-state index contributed by atoms with van der Waals surface area (Å²) in [4.78, 5) is 29.8. The first kappa shape index (κ1) is 27.9. The number of ketones is 1. The number of aryl methyl sites for hydroxylation is 1. The summed E-state index contributed by atoms with van der Waals surface area (Å²) < 4.78 is 25.6. The fraction of sp³-hybridized carbons (Fsp3) is 0.654. The van der Waals surface area contributed by atoms with Crippen molar-refractivity contribution in [3.8, 4) is 0 Å². The highest BCUT2D eigenvalue weighted by Gasteiger charge is 2.42. The van der Waals surface area contributed by atoms with E-state index in [4.69, 9.17) is 9.15 Å². The van der Waals surface area contributed by atoms with Gasteiger partial charge in [-0.3, -0.25) is 9.59 Å². The van der Waals surface area contributed by atoms with Crippen molar-refractivity contribution < 1.29 is 33.3 Å². The van der Waals surface area contributed by atoms with Crippen molar-refractivity contribution in [2.24, 2.45) is 17.3 Å². The minimum absolute atomic E-state index is 0.114. The molecule has 1 aliphatic heterocycles. The van der Waals surface area contributed by atoms with Gasteiger partial charge in [0.1, 0.15) is 23.6 Å². The van der Waals surface area contributed by atoms with Gasteiger partial charge in [-0.05, 0) is 32.1 Å². The van der Waals surface area contributed by atoms with E-state index < -0.39 is 47.9 Å². The first-order valence-corrected chi connectivity index (χ1v) is 11.9. The Bertz CT molecular complexity index is 918. The smallest absolute Gasteiger partial charge is 0.309 e. The number of esters is 1. The van der Waals surface area contributed by atoms with Crippen LogP contribution in [0.5, 0.6) is 0 Å². The van der Waals surface area contributed by atoms with Gasteiger partial charge >= 0.3 is 5.97 Å². The zero-order chi connectivity index (χ0) is 25.6. The number of allylic oxidation sites excluding steroid dienone is 1. The number of Topliss-reactive ketones (excluding diaryl/α,β-unsaturated/α-hetero) is 1. The van der Waals surface area contributed by atoms with Crippen molar-refractivity contribution in [2.75, 3.05) is 0 Å². The Morgan fingerprint density at radius 3 is 2.53 bits per heavy atom. The maximum absolute atomic E-state index is 15.1. The summed E-state index contributed by atoms with van der Waals surface area (Å²) in [5, 5.41) is 21.4. The second-order valence-corrected chi connectivity index (χ2v) is 10.0. The molecule has 8 heteroatoms. The first-order chi connectivity index (χ1) is 15.8. The Hall–Kier alpha value is -2.32. The van der Waals surface area contributed by atoms with Crippen LogP contribution in [-0.2, 0) is 14.3 Å². The number of rotatable bonds is 2. The quantitative estimate of drug-likeness (QED) is 0.467. The number of hydrogen-bond donors (Lipinski definition) is 2. The van der Waals surface area contributed by atoms with Crippen LogP contribution in [0.3, 0.4) is 0 Å². The van der Waals surface area contributed by atoms with Gasteiger partial charge in [0.25, 0.3) is 0 Å². The number of halogens is 1. The van der Waals surface area contributed by atoms with E-state index in [1.165, 1.54) is 6.26 Å². The SMILES string of the molecule is CC1=CC[C@@H](C(F)=Cc2coc(C)n2)OC(=O)C[C@H](O)C(C)(C)C(=O)[C@H](C)[C@@H](O)[C@@H](C)CCC1. The van der Waals surface area contributed by atoms with E-state index in [9.17, 15) is 19.8 Å². The molecule has 2 heterocycles. The number of ether oxygens (including phenoxy) is 1. The maximum atomic E-state index is 15.1. The van der Waals surface area contributed by atoms with Crippen molar-refractivity contribution >= 4 is 17.8 Å². The Kier molecular flexibility index (Phi) is 9.76. The molecule has 0 radical (unpaired) electrons. The van der Waals surface area contributed by atoms with E-state index in [2.05, 4.69) is 4.98 Å². The van der Waals surface area contributed by atoms with E-state index in [0.717, 1.165) is 24.5 Å². The standard InChI is InChI=1S/C26H38FNO6/c1-15-8-7-9-16(2)24(31)17(3)25(32)26(5,6)22(29)13-23(30)34-21(11-10-15)20(27)12-19-14-33-18(4)28-19/h10,12,14,16-17,21-22,24,29,31H,7-9,11,13H2,1-6H3/t16-,17+,21-,22-,24-/m0/s1. The zero-order valence-electron chi connectivity index (χ0n) is 21.0. The molecule has 0 bridgehead atoms. The molecule has 0 spiro atoms. The molecule has 0 unspecified atom stereocenters. The van der Waals surface area contributed by atoms with Crippen molar-refractivity contribution in [3.63, 3.8) is 0 Å². The van der Waals surface area contributed by atoms with Crippen LogP contribution in [0.25, 0.3) is 6.08 Å². The third kappa shape index (κ3) is 7.34. The fourth-order valence-corrected chi connectivity index (χ4v) is 4.20. The number of carbonyl (C=O) groups is 2. The van der Waals surface area contributed by atoms with Crippen molar-refractivity contribution in [2.45, 2.75) is 92.0 Å². The molecule has 0 saturated carbocycles. The first-order valence-electron chi connectivity index (χ1n) is 11.9. The third-order valence-electron chi connectivity index (χ3n) is 6.75. The summed E-state index contributed by atoms with van der Waals surface area (Å²) in [5.74, 6) is -2.29. The van der Waals surface area contributed by atoms with Gasteiger partial charge in [0.2, 0.25) is 0 Å². The summed E-state index contributed by atoms with van der Waals surface area (Å²) >= 11 is 0. The number of carbonyl (C=O) groups excluding carboxylic acids is 2. The monoisotopic (exact) mass is 479 g/mol. The highest BCUT2D eigenvalue weighted by molar-refractivity contribution is 5.88. The van der Waals surface area contributed by atoms with Gasteiger partial charge in [-0.2, -0.15) is 0 Å². The average molecular weight is 480 g/mol. The van der Waals surface area contributed by atoms with Crippen LogP contribution in [0.4, 0.5) is 4.39 Å². The van der Waals surface area contributed by atoms with E-state index in [1.54, 1.807) is 27.7 Å². The van der Waals surface area contributed by atoms with Crippen molar-refractivity contribution in [1.29, 1.82) is 0 Å². The molecule has 190 valence electrons. The Morgan fingerprint density at radius 2 is 1.91 bits per heavy atom. The number of cyclic esters (lactones) is 1. The van der Waals surface area contributed by atoms with E-state index in [0.29, 0.717) is 12.3 Å². The van der Waals surface area contributed by atoms with Gasteiger partial charge in [-0.15, -0.1) is 0 Å². The molecule has 1 aliphatic rings. The van der Waals surface area contributed by atoms with Gasteiger partial charge in [0.05, 0.1) is 24.0 Å². The molecule has 0 fully saturated rings. The lowest BCUT2D eigenvalue weighted by atomic mass is 9.73. The summed E-state index contributed by atoms with van der Waals surface area (Å²) in [7, 11) is 0. The number of hydrogen-bond acceptors (Lipinski definition) is 7. The number of oxazole rings is 1. The van der Waals surface area contributed by atoms with Crippen LogP contribution in [0, 0.1) is 24.2 Å². The second-order valence-electron chi connectivity index (χ2n) is 10.0. The predicted octanol–water partition coefficient (Wildman–Crippen LogP) is 4.70. The largest absolute Gasteiger partial charge is 0.455 e. The highest BCUT2D eigenvalue weighted by Crippen LogP contribution is 2.32. The van der Waals surface area contributed by atoms with Crippen molar-refractivity contribution in [3.05, 3.63) is 35.3 Å². The summed E-state index contributed by atoms with van der Waals surface area (Å²) in [5.41, 5.74) is -0.0214. The molecule has 2 rings (SSSR count). The van der Waals surface area contributed by atoms with Gasteiger partial charge in [0, 0.05) is 25.3 Å². The van der Waals surface area contributed by atoms with Crippen molar-refractivity contribution in [1.82, 2.24) is 4.98 Å². The van der Waals surface area contributed by atoms with Crippen LogP contribution < -0.4 is 0 Å². The minimum atomic E-state index is -1.35. The molecule has 1 aromatic rings. The molecule has 0 saturated heterocycles. The Morgan fingerprint density at radius 1 is 1.24 bits per heavy atom. The van der Waals surface area contributed by atoms with Crippen LogP contribution >= 0.6 is 0 Å². The Balaban J connectivity index is 2.33. The molecule has 5 atom stereocenters. The van der Waals surface area contributed by atoms with E-state index >= 15 is 4.39 Å². The lowest BCUT2D eigenvalue weighted by Crippen LogP contribution is -2.45. The van der Waals surface area contributed by atoms with E-state index in [1.807, 2.05) is 19.9 Å². The van der Waals surface area contributed by atoms with Crippen LogP contribution in [-0.4, -0.2) is 45.3 Å². The molecule has 0 aromatic carbocycles.